The topological polar surface area (TPSA) is 85.2 Å². The summed E-state index contributed by atoms with van der Waals surface area (Å²) in [6, 6.07) is 0. The highest BCUT2D eigenvalue weighted by Gasteiger charge is 2.29. The smallest absolute Gasteiger partial charge is 0.317 e. The molecule has 0 aliphatic carbocycles. The van der Waals surface area contributed by atoms with Gasteiger partial charge in [-0.25, -0.2) is 9.79 Å². The van der Waals surface area contributed by atoms with Crippen LogP contribution < -0.4 is 5.32 Å². The number of allylic oxidation sites excluding steroid dienone is 1. The fourth-order valence-electron chi connectivity index (χ4n) is 3.94. The summed E-state index contributed by atoms with van der Waals surface area (Å²) >= 11 is 0. The zero-order valence-electron chi connectivity index (χ0n) is 15.4. The quantitative estimate of drug-likeness (QED) is 0.678. The molecule has 2 fully saturated rings. The molecule has 3 aliphatic rings. The number of aliphatic imine (C=N–C) groups is 1. The highest BCUT2D eigenvalue weighted by molar-refractivity contribution is 8.30. The van der Waals surface area contributed by atoms with Crippen LogP contribution >= 0.6 is 10.5 Å². The number of carbonyl (C=O) groups excluding carboxylic acids is 1. The Morgan fingerprint density at radius 2 is 2.00 bits per heavy atom. The second kappa shape index (κ2) is 8.95. The van der Waals surface area contributed by atoms with Gasteiger partial charge in [0.2, 0.25) is 0 Å². The van der Waals surface area contributed by atoms with Crippen molar-refractivity contribution >= 4 is 26.7 Å². The van der Waals surface area contributed by atoms with Crippen molar-refractivity contribution < 1.29 is 14.7 Å². The van der Waals surface area contributed by atoms with Gasteiger partial charge in [0.25, 0.3) is 0 Å². The number of aliphatic carboxylic acids is 1. The van der Waals surface area contributed by atoms with E-state index in [0.29, 0.717) is 13.1 Å². The van der Waals surface area contributed by atoms with Gasteiger partial charge in [0.05, 0.1) is 17.3 Å². The van der Waals surface area contributed by atoms with Gasteiger partial charge in [0.1, 0.15) is 5.03 Å². The number of hydrogen-bond donors (Lipinski definition) is 2. The summed E-state index contributed by atoms with van der Waals surface area (Å²) in [5, 5.41) is 16.6. The number of nitrogens with one attached hydrogen (secondary N) is 1. The van der Waals surface area contributed by atoms with Crippen LogP contribution in [0, 0.1) is 5.92 Å². The number of carbonyl (C=O) groups is 1. The lowest BCUT2D eigenvalue weighted by Crippen LogP contribution is -2.47. The van der Waals surface area contributed by atoms with Crippen LogP contribution in [0.2, 0.25) is 0 Å². The fraction of sp³-hybridized carbons (Fsp3) is 0.722. The minimum atomic E-state index is -0.792. The second-order valence-corrected chi connectivity index (χ2v) is 8.81. The van der Waals surface area contributed by atoms with Crippen LogP contribution in [0.25, 0.3) is 0 Å². The number of hydrogen-bond acceptors (Lipinski definition) is 6. The Kier molecular flexibility index (Phi) is 6.64. The van der Waals surface area contributed by atoms with E-state index in [0.717, 1.165) is 60.7 Å². The van der Waals surface area contributed by atoms with Crippen molar-refractivity contribution in [3.8, 4) is 0 Å². The molecule has 0 saturated carbocycles. The molecule has 1 atom stereocenters. The van der Waals surface area contributed by atoms with Gasteiger partial charge in [0, 0.05) is 26.2 Å². The second-order valence-electron chi connectivity index (χ2n) is 7.17. The van der Waals surface area contributed by atoms with Crippen molar-refractivity contribution in [1.82, 2.24) is 15.1 Å². The maximum absolute atomic E-state index is 11.7. The number of carboxylic acids is 1. The van der Waals surface area contributed by atoms with Crippen LogP contribution in [0.5, 0.6) is 0 Å². The molecule has 0 aromatic carbocycles. The van der Waals surface area contributed by atoms with E-state index in [9.17, 15) is 9.59 Å². The van der Waals surface area contributed by atoms with Crippen LogP contribution in [-0.4, -0.2) is 77.0 Å². The average molecular weight is 381 g/mol. The van der Waals surface area contributed by atoms with E-state index in [1.165, 1.54) is 12.8 Å². The Morgan fingerprint density at radius 1 is 1.31 bits per heavy atom. The van der Waals surface area contributed by atoms with Crippen LogP contribution in [-0.2, 0) is 9.59 Å². The largest absolute Gasteiger partial charge is 0.480 e. The Hall–Kier alpha value is -1.47. The number of piperidine rings is 1. The molecule has 2 N–H and O–H groups in total. The van der Waals surface area contributed by atoms with E-state index in [-0.39, 0.29) is 6.54 Å². The summed E-state index contributed by atoms with van der Waals surface area (Å²) in [6.45, 7) is 7.11. The summed E-state index contributed by atoms with van der Waals surface area (Å²) in [4.78, 5) is 31.5. The molecule has 0 aromatic rings. The lowest BCUT2D eigenvalue weighted by atomic mass is 9.93. The number of carboxylic acid groups (broad SMARTS) is 1. The Morgan fingerprint density at radius 3 is 2.62 bits per heavy atom. The van der Waals surface area contributed by atoms with Gasteiger partial charge in [-0.2, -0.15) is 0 Å². The molecule has 0 spiro atoms. The minimum Gasteiger partial charge on any atom is -0.480 e. The lowest BCUT2D eigenvalue weighted by molar-refractivity contribution is -0.138. The maximum Gasteiger partial charge on any atom is 0.317 e. The van der Waals surface area contributed by atoms with Crippen molar-refractivity contribution in [2.45, 2.75) is 32.6 Å². The predicted octanol–water partition coefficient (Wildman–Crippen LogP) is 1.41. The number of piperazine rings is 1. The van der Waals surface area contributed by atoms with Crippen molar-refractivity contribution in [3.63, 3.8) is 0 Å². The van der Waals surface area contributed by atoms with Crippen molar-refractivity contribution in [2.24, 2.45) is 10.9 Å². The monoisotopic (exact) mass is 380 g/mol. The molecule has 8 heteroatoms. The molecule has 0 amide bonds. The van der Waals surface area contributed by atoms with Gasteiger partial charge in [-0.15, -0.1) is 0 Å². The zero-order chi connectivity index (χ0) is 18.5. The maximum atomic E-state index is 11.7. The van der Waals surface area contributed by atoms with E-state index >= 15 is 0 Å². The van der Waals surface area contributed by atoms with Gasteiger partial charge in [0.15, 0.2) is 5.23 Å². The first-order chi connectivity index (χ1) is 12.6. The summed E-state index contributed by atoms with van der Waals surface area (Å²) in [7, 11) is -0.664. The Balaban J connectivity index is 1.58. The van der Waals surface area contributed by atoms with E-state index in [4.69, 9.17) is 10.1 Å². The molecule has 0 bridgehead atoms. The van der Waals surface area contributed by atoms with Crippen molar-refractivity contribution in [2.75, 3.05) is 45.8 Å². The first kappa shape index (κ1) is 19.3. The number of rotatable bonds is 6. The van der Waals surface area contributed by atoms with Crippen LogP contribution in [0.1, 0.15) is 32.6 Å². The average Bonchev–Trinajstić information content (AvgIpc) is 2.96. The third-order valence-electron chi connectivity index (χ3n) is 5.36. The van der Waals surface area contributed by atoms with Crippen LogP contribution in [0.15, 0.2) is 15.7 Å². The van der Waals surface area contributed by atoms with Crippen LogP contribution in [0.4, 0.5) is 0 Å². The van der Waals surface area contributed by atoms with E-state index in [1.807, 2.05) is 11.8 Å². The zero-order valence-corrected chi connectivity index (χ0v) is 16.2. The standard InChI is InChI=1S/C18H28N4O3S/c1-14-18(22-10-8-21(9-11-22)12-17(24)25)26(13-23)16(20-14)3-2-15-4-6-19-7-5-15/h15,19H,2-12H2,1H3,(H,24,25). The summed E-state index contributed by atoms with van der Waals surface area (Å²) < 4.78 is 0. The van der Waals surface area contributed by atoms with Gasteiger partial charge < -0.3 is 15.3 Å². The molecule has 7 nitrogen and oxygen atoms in total. The summed E-state index contributed by atoms with van der Waals surface area (Å²) in [5.41, 5.74) is 0.934. The minimum absolute atomic E-state index is 0.0788. The number of nitrogens with zero attached hydrogens (tertiary/aromatic N) is 3. The molecule has 0 radical (unpaired) electrons. The summed E-state index contributed by atoms with van der Waals surface area (Å²) in [5.74, 6) is -0.0702. The summed E-state index contributed by atoms with van der Waals surface area (Å²) in [6.07, 6.45) is 4.38. The molecule has 144 valence electrons. The molecule has 2 saturated heterocycles. The van der Waals surface area contributed by atoms with E-state index in [2.05, 4.69) is 15.4 Å². The molecule has 1 unspecified atom stereocenters. The normalized spacial score (nSPS) is 25.3. The van der Waals surface area contributed by atoms with Gasteiger partial charge in [-0.3, -0.25) is 9.69 Å². The molecule has 3 aliphatic heterocycles. The SMILES string of the molecule is CC1=C(N2CCN(CC(=O)O)CC2)S(=C=O)C(CCC2CCNCC2)=N1. The molecule has 0 aromatic heterocycles. The van der Waals surface area contributed by atoms with E-state index in [1.54, 1.807) is 0 Å². The Bertz CT molecular complexity index is 655. The molecule has 3 rings (SSSR count). The molecular weight excluding hydrogens is 352 g/mol. The third-order valence-corrected chi connectivity index (χ3v) is 7.23. The Labute approximate surface area is 157 Å². The van der Waals surface area contributed by atoms with E-state index < -0.39 is 16.5 Å². The predicted molar refractivity (Wildman–Crippen MR) is 104 cm³/mol. The first-order valence-electron chi connectivity index (χ1n) is 9.39. The molecule has 26 heavy (non-hydrogen) atoms. The highest BCUT2D eigenvalue weighted by Crippen LogP contribution is 2.40. The highest BCUT2D eigenvalue weighted by atomic mass is 32.2. The lowest BCUT2D eigenvalue weighted by Gasteiger charge is -2.36. The first-order valence-corrected chi connectivity index (χ1v) is 10.6. The van der Waals surface area contributed by atoms with Gasteiger partial charge in [-0.1, -0.05) is 0 Å². The van der Waals surface area contributed by atoms with Gasteiger partial charge in [-0.05, 0) is 62.1 Å². The van der Waals surface area contributed by atoms with Gasteiger partial charge >= 0.3 is 5.97 Å². The van der Waals surface area contributed by atoms with Crippen molar-refractivity contribution in [3.05, 3.63) is 10.7 Å². The van der Waals surface area contributed by atoms with Crippen molar-refractivity contribution in [1.29, 1.82) is 0 Å². The third kappa shape index (κ3) is 4.62. The van der Waals surface area contributed by atoms with Crippen LogP contribution in [0.3, 0.4) is 0 Å². The molecule has 3 heterocycles. The fourth-order valence-corrected chi connectivity index (χ4v) is 5.67. The molecular formula is C18H28N4O3S.